The van der Waals surface area contributed by atoms with Gasteiger partial charge in [0.15, 0.2) is 0 Å². The molecule has 3 rings (SSSR count). The summed E-state index contributed by atoms with van der Waals surface area (Å²) >= 11 is 0. The zero-order chi connectivity index (χ0) is 13.8. The summed E-state index contributed by atoms with van der Waals surface area (Å²) < 4.78 is 7.67. The standard InChI is InChI=1S/C16H23NO2/c1-15(2)11-7-8-16(15,3)13(10-11)19-14(18)12-6-5-9-17(12)4/h5-6,9,11,13H,7-8,10H2,1-4H3. The summed E-state index contributed by atoms with van der Waals surface area (Å²) in [5.74, 6) is 0.519. The first kappa shape index (κ1) is 12.8. The number of hydrogen-bond donors (Lipinski definition) is 0. The highest BCUT2D eigenvalue weighted by Crippen LogP contribution is 2.66. The van der Waals surface area contributed by atoms with Gasteiger partial charge in [0.1, 0.15) is 11.8 Å². The van der Waals surface area contributed by atoms with Crippen LogP contribution in [0.15, 0.2) is 18.3 Å². The SMILES string of the molecule is Cn1cccc1C(=O)OC1CC2CCC1(C)C2(C)C. The van der Waals surface area contributed by atoms with Crippen molar-refractivity contribution < 1.29 is 9.53 Å². The van der Waals surface area contributed by atoms with E-state index in [0.29, 0.717) is 11.6 Å². The highest BCUT2D eigenvalue weighted by Gasteiger charge is 2.62. The number of fused-ring (bicyclic) bond motifs is 2. The van der Waals surface area contributed by atoms with Crippen LogP contribution in [0.2, 0.25) is 0 Å². The molecular weight excluding hydrogens is 238 g/mol. The molecule has 2 saturated carbocycles. The molecule has 0 aliphatic heterocycles. The Hall–Kier alpha value is -1.25. The van der Waals surface area contributed by atoms with Crippen LogP contribution in [0.5, 0.6) is 0 Å². The predicted octanol–water partition coefficient (Wildman–Crippen LogP) is 3.40. The summed E-state index contributed by atoms with van der Waals surface area (Å²) in [4.78, 5) is 12.3. The quantitative estimate of drug-likeness (QED) is 0.764. The Kier molecular flexibility index (Phi) is 2.60. The molecule has 0 amide bonds. The van der Waals surface area contributed by atoms with Crippen molar-refractivity contribution in [1.29, 1.82) is 0 Å². The monoisotopic (exact) mass is 261 g/mol. The molecule has 3 atom stereocenters. The Labute approximate surface area is 114 Å². The normalized spacial score (nSPS) is 35.6. The van der Waals surface area contributed by atoms with Crippen LogP contribution in [0.3, 0.4) is 0 Å². The molecule has 104 valence electrons. The van der Waals surface area contributed by atoms with Gasteiger partial charge in [0.05, 0.1) is 0 Å². The molecule has 0 saturated heterocycles. The molecule has 2 aliphatic carbocycles. The van der Waals surface area contributed by atoms with Gasteiger partial charge < -0.3 is 9.30 Å². The number of rotatable bonds is 2. The Morgan fingerprint density at radius 2 is 2.16 bits per heavy atom. The number of hydrogen-bond acceptors (Lipinski definition) is 2. The first-order valence-electron chi connectivity index (χ1n) is 7.18. The van der Waals surface area contributed by atoms with Gasteiger partial charge in [0.2, 0.25) is 0 Å². The third-order valence-electron chi connectivity index (χ3n) is 6.12. The van der Waals surface area contributed by atoms with Crippen LogP contribution >= 0.6 is 0 Å². The van der Waals surface area contributed by atoms with E-state index in [4.69, 9.17) is 4.74 Å². The van der Waals surface area contributed by atoms with E-state index in [1.165, 1.54) is 12.8 Å². The maximum Gasteiger partial charge on any atom is 0.355 e. The van der Waals surface area contributed by atoms with Crippen LogP contribution in [0.25, 0.3) is 0 Å². The van der Waals surface area contributed by atoms with E-state index >= 15 is 0 Å². The Bertz CT molecular complexity index is 517. The molecule has 2 aliphatic rings. The molecule has 3 heteroatoms. The van der Waals surface area contributed by atoms with Crippen LogP contribution in [0, 0.1) is 16.7 Å². The maximum absolute atomic E-state index is 12.3. The molecule has 2 bridgehead atoms. The molecule has 0 N–H and O–H groups in total. The highest BCUT2D eigenvalue weighted by molar-refractivity contribution is 5.87. The van der Waals surface area contributed by atoms with Gasteiger partial charge in [0, 0.05) is 18.7 Å². The first-order valence-corrected chi connectivity index (χ1v) is 7.18. The van der Waals surface area contributed by atoms with E-state index < -0.39 is 0 Å². The van der Waals surface area contributed by atoms with Crippen LogP contribution in [-0.4, -0.2) is 16.6 Å². The van der Waals surface area contributed by atoms with Crippen molar-refractivity contribution in [2.24, 2.45) is 23.8 Å². The molecule has 19 heavy (non-hydrogen) atoms. The van der Waals surface area contributed by atoms with Gasteiger partial charge in [-0.25, -0.2) is 4.79 Å². The summed E-state index contributed by atoms with van der Waals surface area (Å²) in [6.07, 6.45) is 5.43. The van der Waals surface area contributed by atoms with Gasteiger partial charge in [-0.15, -0.1) is 0 Å². The van der Waals surface area contributed by atoms with Crippen LogP contribution in [-0.2, 0) is 11.8 Å². The van der Waals surface area contributed by atoms with E-state index in [1.54, 1.807) is 0 Å². The van der Waals surface area contributed by atoms with Gasteiger partial charge in [-0.05, 0) is 42.7 Å². The second kappa shape index (κ2) is 3.87. The van der Waals surface area contributed by atoms with E-state index in [9.17, 15) is 4.79 Å². The maximum atomic E-state index is 12.3. The van der Waals surface area contributed by atoms with Gasteiger partial charge in [-0.2, -0.15) is 0 Å². The zero-order valence-electron chi connectivity index (χ0n) is 12.3. The minimum atomic E-state index is -0.179. The predicted molar refractivity (Wildman–Crippen MR) is 73.8 cm³/mol. The van der Waals surface area contributed by atoms with E-state index in [2.05, 4.69) is 20.8 Å². The average Bonchev–Trinajstić information content (AvgIpc) is 2.90. The molecule has 2 fully saturated rings. The Morgan fingerprint density at radius 3 is 2.63 bits per heavy atom. The molecule has 0 spiro atoms. The topological polar surface area (TPSA) is 31.2 Å². The first-order chi connectivity index (χ1) is 8.86. The third-order valence-corrected chi connectivity index (χ3v) is 6.12. The number of ether oxygens (including phenoxy) is 1. The van der Waals surface area contributed by atoms with Crippen molar-refractivity contribution in [1.82, 2.24) is 4.57 Å². The summed E-state index contributed by atoms with van der Waals surface area (Å²) in [7, 11) is 1.88. The number of esters is 1. The lowest BCUT2D eigenvalue weighted by Crippen LogP contribution is -2.38. The molecule has 3 nitrogen and oxygen atoms in total. The van der Waals surface area contributed by atoms with E-state index in [-0.39, 0.29) is 22.9 Å². The average molecular weight is 261 g/mol. The smallest absolute Gasteiger partial charge is 0.355 e. The Morgan fingerprint density at radius 1 is 1.42 bits per heavy atom. The molecule has 1 aromatic rings. The molecule has 3 unspecified atom stereocenters. The molecule has 1 heterocycles. The fraction of sp³-hybridized carbons (Fsp3) is 0.688. The lowest BCUT2D eigenvalue weighted by atomic mass is 9.70. The number of aromatic nitrogens is 1. The van der Waals surface area contributed by atoms with E-state index in [0.717, 1.165) is 6.42 Å². The third kappa shape index (κ3) is 1.60. The van der Waals surface area contributed by atoms with Crippen molar-refractivity contribution in [2.45, 2.75) is 46.1 Å². The molecule has 0 radical (unpaired) electrons. The summed E-state index contributed by atoms with van der Waals surface area (Å²) in [6, 6.07) is 3.70. The lowest BCUT2D eigenvalue weighted by Gasteiger charge is -2.38. The van der Waals surface area contributed by atoms with Gasteiger partial charge in [0.25, 0.3) is 0 Å². The minimum absolute atomic E-state index is 0.0728. The summed E-state index contributed by atoms with van der Waals surface area (Å²) in [6.45, 7) is 6.96. The van der Waals surface area contributed by atoms with Crippen molar-refractivity contribution in [3.05, 3.63) is 24.0 Å². The summed E-state index contributed by atoms with van der Waals surface area (Å²) in [5.41, 5.74) is 1.06. The molecular formula is C16H23NO2. The lowest BCUT2D eigenvalue weighted by molar-refractivity contribution is -0.0249. The zero-order valence-corrected chi connectivity index (χ0v) is 12.3. The van der Waals surface area contributed by atoms with Gasteiger partial charge >= 0.3 is 5.97 Å². The second-order valence-electron chi connectivity index (χ2n) is 7.01. The number of carbonyl (C=O) groups excluding carboxylic acids is 1. The largest absolute Gasteiger partial charge is 0.457 e. The van der Waals surface area contributed by atoms with Crippen LogP contribution in [0.4, 0.5) is 0 Å². The molecule has 0 aromatic carbocycles. The van der Waals surface area contributed by atoms with Crippen molar-refractivity contribution in [3.8, 4) is 0 Å². The van der Waals surface area contributed by atoms with Crippen LogP contribution in [0.1, 0.15) is 50.5 Å². The number of aryl methyl sites for hydroxylation is 1. The number of carbonyl (C=O) groups is 1. The van der Waals surface area contributed by atoms with Crippen LogP contribution < -0.4 is 0 Å². The van der Waals surface area contributed by atoms with Crippen molar-refractivity contribution >= 4 is 5.97 Å². The second-order valence-corrected chi connectivity index (χ2v) is 7.01. The van der Waals surface area contributed by atoms with E-state index in [1.807, 2.05) is 29.9 Å². The fourth-order valence-corrected chi connectivity index (χ4v) is 4.17. The fourth-order valence-electron chi connectivity index (χ4n) is 4.17. The summed E-state index contributed by atoms with van der Waals surface area (Å²) in [5, 5.41) is 0. The van der Waals surface area contributed by atoms with Gasteiger partial charge in [-0.1, -0.05) is 20.8 Å². The van der Waals surface area contributed by atoms with Crippen molar-refractivity contribution in [3.63, 3.8) is 0 Å². The minimum Gasteiger partial charge on any atom is -0.457 e. The Balaban J connectivity index is 1.79. The highest BCUT2D eigenvalue weighted by atomic mass is 16.5. The molecule has 1 aromatic heterocycles. The van der Waals surface area contributed by atoms with Crippen molar-refractivity contribution in [2.75, 3.05) is 0 Å². The van der Waals surface area contributed by atoms with Gasteiger partial charge in [-0.3, -0.25) is 0 Å². The number of nitrogens with zero attached hydrogens (tertiary/aromatic N) is 1.